The second kappa shape index (κ2) is 6.12. The van der Waals surface area contributed by atoms with Gasteiger partial charge in [0.15, 0.2) is 0 Å². The molecule has 0 aliphatic carbocycles. The number of hydrogen-bond acceptors (Lipinski definition) is 3. The molecule has 2 N–H and O–H groups in total. The summed E-state index contributed by atoms with van der Waals surface area (Å²) in [6.45, 7) is 7.09. The number of nitrogens with zero attached hydrogens (tertiary/aromatic N) is 1. The molecule has 0 aliphatic heterocycles. The molecule has 0 saturated heterocycles. The van der Waals surface area contributed by atoms with Crippen LogP contribution in [0.25, 0.3) is 10.9 Å². The fourth-order valence-electron chi connectivity index (χ4n) is 2.03. The maximum atomic E-state index is 12.5. The minimum Gasteiger partial charge on any atom is -0.373 e. The van der Waals surface area contributed by atoms with E-state index in [0.717, 1.165) is 17.3 Å². The predicted molar refractivity (Wildman–Crippen MR) is 87.7 cm³/mol. The molecule has 0 spiro atoms. The molecule has 0 bridgehead atoms. The van der Waals surface area contributed by atoms with Gasteiger partial charge in [-0.05, 0) is 24.0 Å². The molecular formula is C17H23N3O. The number of pyridine rings is 1. The number of amides is 1. The number of carbonyl (C=O) groups is 1. The second-order valence-corrected chi connectivity index (χ2v) is 6.02. The standard InChI is InChI=1S/C17H23N3O/c1-5-17(2,3)11-19-16(21)13-10-15(18-4)20-14-9-7-6-8-12(13)14/h6-10H,5,11H2,1-4H3,(H,18,20)(H,19,21). The zero-order valence-electron chi connectivity index (χ0n) is 13.2. The van der Waals surface area contributed by atoms with Crippen LogP contribution in [0, 0.1) is 5.41 Å². The molecule has 0 aliphatic rings. The SMILES string of the molecule is CCC(C)(C)CNC(=O)c1cc(NC)nc2ccccc12. The first-order valence-electron chi connectivity index (χ1n) is 7.32. The van der Waals surface area contributed by atoms with E-state index < -0.39 is 0 Å². The van der Waals surface area contributed by atoms with Crippen LogP contribution in [0.2, 0.25) is 0 Å². The summed E-state index contributed by atoms with van der Waals surface area (Å²) in [6.07, 6.45) is 1.02. The average Bonchev–Trinajstić information content (AvgIpc) is 2.51. The maximum Gasteiger partial charge on any atom is 0.252 e. The van der Waals surface area contributed by atoms with Crippen molar-refractivity contribution in [3.8, 4) is 0 Å². The molecule has 2 rings (SSSR count). The van der Waals surface area contributed by atoms with Gasteiger partial charge in [-0.15, -0.1) is 0 Å². The van der Waals surface area contributed by atoms with E-state index in [2.05, 4.69) is 36.4 Å². The first-order valence-corrected chi connectivity index (χ1v) is 7.32. The molecule has 112 valence electrons. The molecule has 1 aromatic carbocycles. The number of anilines is 1. The van der Waals surface area contributed by atoms with Crippen LogP contribution in [0.15, 0.2) is 30.3 Å². The lowest BCUT2D eigenvalue weighted by Crippen LogP contribution is -2.33. The van der Waals surface area contributed by atoms with Crippen LogP contribution in [0.4, 0.5) is 5.82 Å². The Morgan fingerprint density at radius 1 is 1.29 bits per heavy atom. The third-order valence-corrected chi connectivity index (χ3v) is 3.90. The highest BCUT2D eigenvalue weighted by atomic mass is 16.1. The van der Waals surface area contributed by atoms with Crippen molar-refractivity contribution in [3.63, 3.8) is 0 Å². The van der Waals surface area contributed by atoms with E-state index in [1.165, 1.54) is 0 Å². The second-order valence-electron chi connectivity index (χ2n) is 6.02. The molecule has 2 aromatic rings. The maximum absolute atomic E-state index is 12.5. The summed E-state index contributed by atoms with van der Waals surface area (Å²) in [4.78, 5) is 17.0. The van der Waals surface area contributed by atoms with Gasteiger partial charge < -0.3 is 10.6 Å². The van der Waals surface area contributed by atoms with E-state index in [1.807, 2.05) is 24.3 Å². The third kappa shape index (κ3) is 3.51. The number of hydrogen-bond donors (Lipinski definition) is 2. The topological polar surface area (TPSA) is 54.0 Å². The Labute approximate surface area is 126 Å². The Morgan fingerprint density at radius 2 is 2.00 bits per heavy atom. The number of fused-ring (bicyclic) bond motifs is 1. The number of para-hydroxylation sites is 1. The van der Waals surface area contributed by atoms with Gasteiger partial charge in [-0.25, -0.2) is 4.98 Å². The highest BCUT2D eigenvalue weighted by Gasteiger charge is 2.18. The number of aromatic nitrogens is 1. The molecule has 0 radical (unpaired) electrons. The van der Waals surface area contributed by atoms with Crippen molar-refractivity contribution >= 4 is 22.6 Å². The van der Waals surface area contributed by atoms with Crippen LogP contribution < -0.4 is 10.6 Å². The summed E-state index contributed by atoms with van der Waals surface area (Å²) in [5.41, 5.74) is 1.59. The average molecular weight is 285 g/mol. The molecule has 1 amide bonds. The van der Waals surface area contributed by atoms with Crippen LogP contribution in [0.1, 0.15) is 37.6 Å². The summed E-state index contributed by atoms with van der Waals surface area (Å²) in [5, 5.41) is 6.92. The van der Waals surface area contributed by atoms with Crippen molar-refractivity contribution in [1.29, 1.82) is 0 Å². The van der Waals surface area contributed by atoms with Gasteiger partial charge in [-0.3, -0.25) is 4.79 Å². The van der Waals surface area contributed by atoms with Gasteiger partial charge in [0.05, 0.1) is 11.1 Å². The van der Waals surface area contributed by atoms with Crippen LogP contribution >= 0.6 is 0 Å². The molecule has 21 heavy (non-hydrogen) atoms. The lowest BCUT2D eigenvalue weighted by atomic mass is 9.90. The predicted octanol–water partition coefficient (Wildman–Crippen LogP) is 3.44. The van der Waals surface area contributed by atoms with Crippen molar-refractivity contribution in [2.45, 2.75) is 27.2 Å². The third-order valence-electron chi connectivity index (χ3n) is 3.90. The normalized spacial score (nSPS) is 11.4. The summed E-state index contributed by atoms with van der Waals surface area (Å²) in [6, 6.07) is 9.51. The minimum absolute atomic E-state index is 0.0494. The molecule has 4 heteroatoms. The van der Waals surface area contributed by atoms with Gasteiger partial charge in [0.2, 0.25) is 0 Å². The summed E-state index contributed by atoms with van der Waals surface area (Å²) in [5.74, 6) is 0.653. The number of nitrogens with one attached hydrogen (secondary N) is 2. The molecule has 1 aromatic heterocycles. The zero-order chi connectivity index (χ0) is 15.5. The van der Waals surface area contributed by atoms with Crippen molar-refractivity contribution in [3.05, 3.63) is 35.9 Å². The lowest BCUT2D eigenvalue weighted by Gasteiger charge is -2.23. The smallest absolute Gasteiger partial charge is 0.252 e. The van der Waals surface area contributed by atoms with Gasteiger partial charge >= 0.3 is 0 Å². The van der Waals surface area contributed by atoms with Crippen LogP contribution in [-0.2, 0) is 0 Å². The van der Waals surface area contributed by atoms with E-state index in [-0.39, 0.29) is 11.3 Å². The quantitative estimate of drug-likeness (QED) is 0.884. The van der Waals surface area contributed by atoms with Crippen LogP contribution in [0.3, 0.4) is 0 Å². The van der Waals surface area contributed by atoms with Gasteiger partial charge in [0, 0.05) is 19.0 Å². The molecule has 0 fully saturated rings. The van der Waals surface area contributed by atoms with Gasteiger partial charge in [0.1, 0.15) is 5.82 Å². The fraction of sp³-hybridized carbons (Fsp3) is 0.412. The highest BCUT2D eigenvalue weighted by Crippen LogP contribution is 2.22. The first-order chi connectivity index (χ1) is 9.96. The largest absolute Gasteiger partial charge is 0.373 e. The van der Waals surface area contributed by atoms with Crippen LogP contribution in [0.5, 0.6) is 0 Å². The summed E-state index contributed by atoms with van der Waals surface area (Å²) < 4.78 is 0. The van der Waals surface area contributed by atoms with Gasteiger partial charge in [-0.1, -0.05) is 39.0 Å². The lowest BCUT2D eigenvalue weighted by molar-refractivity contribution is 0.0937. The van der Waals surface area contributed by atoms with Crippen molar-refractivity contribution < 1.29 is 4.79 Å². The Morgan fingerprint density at radius 3 is 2.67 bits per heavy atom. The van der Waals surface area contributed by atoms with Gasteiger partial charge in [0.25, 0.3) is 5.91 Å². The number of rotatable bonds is 5. The van der Waals surface area contributed by atoms with Crippen molar-refractivity contribution in [2.24, 2.45) is 5.41 Å². The summed E-state index contributed by atoms with van der Waals surface area (Å²) >= 11 is 0. The molecular weight excluding hydrogens is 262 g/mol. The Balaban J connectivity index is 2.34. The fourth-order valence-corrected chi connectivity index (χ4v) is 2.03. The Hall–Kier alpha value is -2.10. The number of carbonyl (C=O) groups excluding carboxylic acids is 1. The van der Waals surface area contributed by atoms with Crippen molar-refractivity contribution in [1.82, 2.24) is 10.3 Å². The van der Waals surface area contributed by atoms with E-state index in [9.17, 15) is 4.79 Å². The van der Waals surface area contributed by atoms with Crippen molar-refractivity contribution in [2.75, 3.05) is 18.9 Å². The molecule has 4 nitrogen and oxygen atoms in total. The zero-order valence-corrected chi connectivity index (χ0v) is 13.2. The molecule has 0 saturated carbocycles. The first kappa shape index (κ1) is 15.3. The van der Waals surface area contributed by atoms with Gasteiger partial charge in [-0.2, -0.15) is 0 Å². The molecule has 0 unspecified atom stereocenters. The monoisotopic (exact) mass is 285 g/mol. The van der Waals surface area contributed by atoms with Crippen LogP contribution in [-0.4, -0.2) is 24.5 Å². The Bertz CT molecular complexity index is 650. The Kier molecular flexibility index (Phi) is 4.46. The molecule has 0 atom stereocenters. The minimum atomic E-state index is -0.0494. The van der Waals surface area contributed by atoms with E-state index in [0.29, 0.717) is 17.9 Å². The van der Waals surface area contributed by atoms with E-state index >= 15 is 0 Å². The molecule has 1 heterocycles. The number of benzene rings is 1. The highest BCUT2D eigenvalue weighted by molar-refractivity contribution is 6.06. The summed E-state index contributed by atoms with van der Waals surface area (Å²) in [7, 11) is 1.80. The van der Waals surface area contributed by atoms with E-state index in [4.69, 9.17) is 0 Å². The van der Waals surface area contributed by atoms with E-state index in [1.54, 1.807) is 13.1 Å².